The van der Waals surface area contributed by atoms with E-state index >= 15 is 0 Å². The first-order valence-electron chi connectivity index (χ1n) is 7.97. The fraction of sp³-hybridized carbons (Fsp3) is 0.867. The van der Waals surface area contributed by atoms with Crippen molar-refractivity contribution in [3.05, 3.63) is 0 Å². The van der Waals surface area contributed by atoms with Gasteiger partial charge in [0.1, 0.15) is 0 Å². The molecule has 0 spiro atoms. The minimum atomic E-state index is -0.665. The van der Waals surface area contributed by atoms with E-state index in [1.54, 1.807) is 0 Å². The van der Waals surface area contributed by atoms with Crippen LogP contribution in [0.2, 0.25) is 0 Å². The summed E-state index contributed by atoms with van der Waals surface area (Å²) in [6, 6.07) is 0. The molecule has 120 valence electrons. The van der Waals surface area contributed by atoms with E-state index in [0.717, 1.165) is 38.8 Å². The van der Waals surface area contributed by atoms with Crippen LogP contribution in [-0.2, 0) is 14.3 Å². The number of hydrogen-bond acceptors (Lipinski definition) is 4. The molecular weight excluding hydrogens is 272 g/mol. The first-order valence-corrected chi connectivity index (χ1v) is 7.97. The number of hydrogen-bond donors (Lipinski definition) is 2. The van der Waals surface area contributed by atoms with Crippen LogP contribution >= 0.6 is 0 Å². The van der Waals surface area contributed by atoms with Crippen LogP contribution in [0, 0.1) is 11.8 Å². The standard InChI is InChI=1S/C15H26N2O4/c18-14(17-7-9-21-10-8-17)5-2-6-16-11-12-3-1-4-13(12)15(19)20/h12-13,16H,1-11H2,(H,19,20). The zero-order valence-corrected chi connectivity index (χ0v) is 12.6. The number of morpholine rings is 1. The molecule has 2 N–H and O–H groups in total. The summed E-state index contributed by atoms with van der Waals surface area (Å²) < 4.78 is 5.23. The molecule has 2 unspecified atom stereocenters. The van der Waals surface area contributed by atoms with Gasteiger partial charge in [0.15, 0.2) is 0 Å². The Labute approximate surface area is 125 Å². The van der Waals surface area contributed by atoms with Crippen molar-refractivity contribution < 1.29 is 19.4 Å². The highest BCUT2D eigenvalue weighted by atomic mass is 16.5. The number of rotatable bonds is 7. The van der Waals surface area contributed by atoms with Crippen LogP contribution in [0.4, 0.5) is 0 Å². The van der Waals surface area contributed by atoms with Crippen molar-refractivity contribution in [2.24, 2.45) is 11.8 Å². The van der Waals surface area contributed by atoms with Gasteiger partial charge in [0.25, 0.3) is 0 Å². The zero-order valence-electron chi connectivity index (χ0n) is 12.6. The first kappa shape index (κ1) is 16.2. The monoisotopic (exact) mass is 298 g/mol. The molecule has 6 heteroatoms. The topological polar surface area (TPSA) is 78.9 Å². The Balaban J connectivity index is 1.55. The van der Waals surface area contributed by atoms with E-state index in [-0.39, 0.29) is 17.7 Å². The number of carbonyl (C=O) groups excluding carboxylic acids is 1. The molecule has 1 amide bonds. The minimum Gasteiger partial charge on any atom is -0.481 e. The highest BCUT2D eigenvalue weighted by molar-refractivity contribution is 5.76. The van der Waals surface area contributed by atoms with E-state index in [4.69, 9.17) is 9.84 Å². The van der Waals surface area contributed by atoms with Crippen molar-refractivity contribution in [3.8, 4) is 0 Å². The summed E-state index contributed by atoms with van der Waals surface area (Å²) in [6.45, 7) is 4.22. The average molecular weight is 298 g/mol. The number of carboxylic acid groups (broad SMARTS) is 1. The maximum Gasteiger partial charge on any atom is 0.306 e. The molecule has 2 fully saturated rings. The third-order valence-electron chi connectivity index (χ3n) is 4.49. The van der Waals surface area contributed by atoms with Crippen LogP contribution in [0.5, 0.6) is 0 Å². The fourth-order valence-electron chi connectivity index (χ4n) is 3.23. The molecule has 0 radical (unpaired) electrons. The van der Waals surface area contributed by atoms with Gasteiger partial charge in [0, 0.05) is 19.5 Å². The highest BCUT2D eigenvalue weighted by Gasteiger charge is 2.32. The number of ether oxygens (including phenoxy) is 1. The van der Waals surface area contributed by atoms with Gasteiger partial charge in [0.05, 0.1) is 19.1 Å². The number of nitrogens with one attached hydrogen (secondary N) is 1. The Morgan fingerprint density at radius 1 is 1.24 bits per heavy atom. The van der Waals surface area contributed by atoms with Gasteiger partial charge in [-0.05, 0) is 38.3 Å². The number of nitrogens with zero attached hydrogens (tertiary/aromatic N) is 1. The smallest absolute Gasteiger partial charge is 0.306 e. The predicted molar refractivity (Wildman–Crippen MR) is 78.0 cm³/mol. The molecule has 1 saturated carbocycles. The molecule has 0 bridgehead atoms. The quantitative estimate of drug-likeness (QED) is 0.677. The Morgan fingerprint density at radius 2 is 2.00 bits per heavy atom. The largest absolute Gasteiger partial charge is 0.481 e. The lowest BCUT2D eigenvalue weighted by Crippen LogP contribution is -2.40. The molecule has 0 aromatic rings. The van der Waals surface area contributed by atoms with Gasteiger partial charge in [-0.1, -0.05) is 6.42 Å². The highest BCUT2D eigenvalue weighted by Crippen LogP contribution is 2.31. The minimum absolute atomic E-state index is 0.188. The summed E-state index contributed by atoms with van der Waals surface area (Å²) >= 11 is 0. The van der Waals surface area contributed by atoms with Crippen LogP contribution in [0.25, 0.3) is 0 Å². The lowest BCUT2D eigenvalue weighted by Gasteiger charge is -2.26. The van der Waals surface area contributed by atoms with E-state index in [2.05, 4.69) is 5.32 Å². The van der Waals surface area contributed by atoms with E-state index in [1.165, 1.54) is 0 Å². The maximum atomic E-state index is 11.9. The lowest BCUT2D eigenvalue weighted by atomic mass is 9.96. The normalized spacial score (nSPS) is 26.0. The van der Waals surface area contributed by atoms with Gasteiger partial charge in [-0.3, -0.25) is 9.59 Å². The SMILES string of the molecule is O=C(O)C1CCCC1CNCCCC(=O)N1CCOCC1. The third-order valence-corrected chi connectivity index (χ3v) is 4.49. The molecule has 1 aliphatic carbocycles. The van der Waals surface area contributed by atoms with Gasteiger partial charge in [-0.15, -0.1) is 0 Å². The van der Waals surface area contributed by atoms with E-state index < -0.39 is 5.97 Å². The van der Waals surface area contributed by atoms with E-state index in [1.807, 2.05) is 4.90 Å². The second kappa shape index (κ2) is 8.34. The van der Waals surface area contributed by atoms with Crippen molar-refractivity contribution >= 4 is 11.9 Å². The van der Waals surface area contributed by atoms with Gasteiger partial charge in [0.2, 0.25) is 5.91 Å². The summed E-state index contributed by atoms with van der Waals surface area (Å²) in [4.78, 5) is 24.9. The second-order valence-electron chi connectivity index (χ2n) is 5.94. The van der Waals surface area contributed by atoms with Crippen LogP contribution in [0.3, 0.4) is 0 Å². The van der Waals surface area contributed by atoms with Crippen LogP contribution < -0.4 is 5.32 Å². The first-order chi connectivity index (χ1) is 10.2. The molecule has 1 aliphatic heterocycles. The van der Waals surface area contributed by atoms with Crippen LogP contribution in [0.1, 0.15) is 32.1 Å². The summed E-state index contributed by atoms with van der Waals surface area (Å²) in [5, 5.41) is 12.4. The number of carboxylic acids is 1. The molecule has 0 aromatic heterocycles. The molecule has 2 aliphatic rings. The Morgan fingerprint density at radius 3 is 2.71 bits per heavy atom. The van der Waals surface area contributed by atoms with Crippen molar-refractivity contribution in [1.82, 2.24) is 10.2 Å². The van der Waals surface area contributed by atoms with Crippen molar-refractivity contribution in [2.75, 3.05) is 39.4 Å². The molecule has 2 atom stereocenters. The van der Waals surface area contributed by atoms with Crippen molar-refractivity contribution in [2.45, 2.75) is 32.1 Å². The number of amides is 1. The third kappa shape index (κ3) is 4.97. The molecule has 0 aromatic carbocycles. The molecule has 21 heavy (non-hydrogen) atoms. The molecule has 1 heterocycles. The maximum absolute atomic E-state index is 11.9. The van der Waals surface area contributed by atoms with Gasteiger partial charge >= 0.3 is 5.97 Å². The molecule has 6 nitrogen and oxygen atoms in total. The predicted octanol–water partition coefficient (Wildman–Crippen LogP) is 0.716. The molecular formula is C15H26N2O4. The lowest BCUT2D eigenvalue weighted by molar-refractivity contribution is -0.142. The van der Waals surface area contributed by atoms with Gasteiger partial charge in [-0.2, -0.15) is 0 Å². The molecule has 1 saturated heterocycles. The average Bonchev–Trinajstić information content (AvgIpc) is 2.96. The van der Waals surface area contributed by atoms with Crippen LogP contribution in [0.15, 0.2) is 0 Å². The summed E-state index contributed by atoms with van der Waals surface area (Å²) in [5.74, 6) is -0.406. The van der Waals surface area contributed by atoms with E-state index in [9.17, 15) is 9.59 Å². The van der Waals surface area contributed by atoms with Crippen molar-refractivity contribution in [3.63, 3.8) is 0 Å². The van der Waals surface area contributed by atoms with E-state index in [0.29, 0.717) is 32.7 Å². The Hall–Kier alpha value is -1.14. The summed E-state index contributed by atoms with van der Waals surface area (Å²) in [5.41, 5.74) is 0. The van der Waals surface area contributed by atoms with Gasteiger partial charge < -0.3 is 20.1 Å². The number of aliphatic carboxylic acids is 1. The van der Waals surface area contributed by atoms with Crippen LogP contribution in [-0.4, -0.2) is 61.3 Å². The summed E-state index contributed by atoms with van der Waals surface area (Å²) in [7, 11) is 0. The van der Waals surface area contributed by atoms with Crippen molar-refractivity contribution in [1.29, 1.82) is 0 Å². The summed E-state index contributed by atoms with van der Waals surface area (Å²) in [6.07, 6.45) is 4.17. The molecule has 2 rings (SSSR count). The zero-order chi connectivity index (χ0) is 15.1. The fourth-order valence-corrected chi connectivity index (χ4v) is 3.23. The Kier molecular flexibility index (Phi) is 6.45. The number of carbonyl (C=O) groups is 2. The second-order valence-corrected chi connectivity index (χ2v) is 5.94. The Bertz CT molecular complexity index is 356. The van der Waals surface area contributed by atoms with Gasteiger partial charge in [-0.25, -0.2) is 0 Å².